The first-order valence-electron chi connectivity index (χ1n) is 8.52. The number of ether oxygens (including phenoxy) is 1. The lowest BCUT2D eigenvalue weighted by Gasteiger charge is -2.36. The molecule has 1 aliphatic heterocycles. The lowest BCUT2D eigenvalue weighted by Crippen LogP contribution is -2.49. The molecule has 0 N–H and O–H groups in total. The van der Waals surface area contributed by atoms with Gasteiger partial charge in [0.2, 0.25) is 0 Å². The molecule has 0 radical (unpaired) electrons. The molecule has 1 heterocycles. The number of carbonyl (C=O) groups is 1. The van der Waals surface area contributed by atoms with E-state index < -0.39 is 0 Å². The molecule has 5 nitrogen and oxygen atoms in total. The van der Waals surface area contributed by atoms with E-state index in [0.29, 0.717) is 31.2 Å². The summed E-state index contributed by atoms with van der Waals surface area (Å²) in [5, 5.41) is 10.2. The predicted molar refractivity (Wildman–Crippen MR) is 99.6 cm³/mol. The maximum atomic E-state index is 12.2. The summed E-state index contributed by atoms with van der Waals surface area (Å²) in [4.78, 5) is 16.0. The smallest absolute Gasteiger partial charge is 0.410 e. The van der Waals surface area contributed by atoms with Gasteiger partial charge >= 0.3 is 6.09 Å². The number of piperazine rings is 1. The van der Waals surface area contributed by atoms with Crippen molar-refractivity contribution in [2.75, 3.05) is 26.2 Å². The summed E-state index contributed by atoms with van der Waals surface area (Å²) in [6.07, 6.45) is -0.312. The monoisotopic (exact) mass is 369 g/mol. The van der Waals surface area contributed by atoms with Crippen molar-refractivity contribution in [3.63, 3.8) is 0 Å². The van der Waals surface area contributed by atoms with Crippen LogP contribution in [0.4, 0.5) is 4.79 Å². The zero-order valence-electron chi connectivity index (χ0n) is 14.3. The summed E-state index contributed by atoms with van der Waals surface area (Å²) in [5.41, 5.74) is 1.88. The summed E-state index contributed by atoms with van der Waals surface area (Å²) < 4.78 is 5.38. The van der Waals surface area contributed by atoms with Crippen LogP contribution >= 0.6 is 11.6 Å². The van der Waals surface area contributed by atoms with Crippen LogP contribution in [0.25, 0.3) is 0 Å². The van der Waals surface area contributed by atoms with Gasteiger partial charge in [-0.3, -0.25) is 4.90 Å². The van der Waals surface area contributed by atoms with Gasteiger partial charge in [-0.25, -0.2) is 4.79 Å². The molecule has 1 unspecified atom stereocenters. The van der Waals surface area contributed by atoms with Crippen LogP contribution in [-0.4, -0.2) is 42.1 Å². The zero-order chi connectivity index (χ0) is 18.4. The molecule has 26 heavy (non-hydrogen) atoms. The van der Waals surface area contributed by atoms with Crippen LogP contribution in [0, 0.1) is 11.3 Å². The Labute approximate surface area is 158 Å². The SMILES string of the molecule is N#CC(c1ccc(Cl)cc1)N1CCN(C(=O)OCc2ccccc2)CC1. The summed E-state index contributed by atoms with van der Waals surface area (Å²) >= 11 is 5.92. The third-order valence-corrected chi connectivity index (χ3v) is 4.70. The third-order valence-electron chi connectivity index (χ3n) is 4.45. The Bertz CT molecular complexity index is 766. The van der Waals surface area contributed by atoms with Crippen molar-refractivity contribution < 1.29 is 9.53 Å². The highest BCUT2D eigenvalue weighted by molar-refractivity contribution is 6.30. The molecule has 1 amide bonds. The zero-order valence-corrected chi connectivity index (χ0v) is 15.1. The average Bonchev–Trinajstić information content (AvgIpc) is 2.69. The molecule has 2 aromatic carbocycles. The van der Waals surface area contributed by atoms with Gasteiger partial charge < -0.3 is 9.64 Å². The number of amides is 1. The molecule has 1 saturated heterocycles. The van der Waals surface area contributed by atoms with Crippen molar-refractivity contribution in [3.05, 3.63) is 70.7 Å². The van der Waals surface area contributed by atoms with Crippen molar-refractivity contribution in [1.82, 2.24) is 9.80 Å². The van der Waals surface area contributed by atoms with Crippen LogP contribution in [0.2, 0.25) is 5.02 Å². The second-order valence-corrected chi connectivity index (χ2v) is 6.58. The van der Waals surface area contributed by atoms with Crippen LogP contribution in [0.15, 0.2) is 54.6 Å². The highest BCUT2D eigenvalue weighted by Crippen LogP contribution is 2.23. The number of nitrogens with zero attached hydrogens (tertiary/aromatic N) is 3. The Morgan fingerprint density at radius 1 is 1.08 bits per heavy atom. The fourth-order valence-electron chi connectivity index (χ4n) is 2.99. The predicted octanol–water partition coefficient (Wildman–Crippen LogP) is 3.86. The second-order valence-electron chi connectivity index (χ2n) is 6.15. The van der Waals surface area contributed by atoms with E-state index in [2.05, 4.69) is 11.0 Å². The van der Waals surface area contributed by atoms with Crippen LogP contribution in [0.3, 0.4) is 0 Å². The van der Waals surface area contributed by atoms with Gasteiger partial charge in [-0.1, -0.05) is 54.1 Å². The second kappa shape index (κ2) is 8.70. The maximum absolute atomic E-state index is 12.2. The van der Waals surface area contributed by atoms with Gasteiger partial charge in [0, 0.05) is 31.2 Å². The Morgan fingerprint density at radius 3 is 2.35 bits per heavy atom. The largest absolute Gasteiger partial charge is 0.445 e. The molecule has 1 aliphatic rings. The minimum Gasteiger partial charge on any atom is -0.445 e. The van der Waals surface area contributed by atoms with E-state index in [9.17, 15) is 10.1 Å². The van der Waals surface area contributed by atoms with Crippen LogP contribution < -0.4 is 0 Å². The number of carbonyl (C=O) groups excluding carboxylic acids is 1. The first-order valence-corrected chi connectivity index (χ1v) is 8.90. The van der Waals surface area contributed by atoms with Gasteiger partial charge in [0.05, 0.1) is 6.07 Å². The lowest BCUT2D eigenvalue weighted by molar-refractivity contribution is 0.0661. The van der Waals surface area contributed by atoms with Gasteiger partial charge in [0.1, 0.15) is 12.6 Å². The van der Waals surface area contributed by atoms with E-state index in [-0.39, 0.29) is 18.7 Å². The summed E-state index contributed by atoms with van der Waals surface area (Å²) in [7, 11) is 0. The van der Waals surface area contributed by atoms with Gasteiger partial charge in [0.15, 0.2) is 0 Å². The molecule has 0 saturated carbocycles. The van der Waals surface area contributed by atoms with Crippen LogP contribution in [-0.2, 0) is 11.3 Å². The van der Waals surface area contributed by atoms with Gasteiger partial charge in [-0.2, -0.15) is 5.26 Å². The number of nitriles is 1. The fourth-order valence-corrected chi connectivity index (χ4v) is 3.11. The van der Waals surface area contributed by atoms with Crippen molar-refractivity contribution in [1.29, 1.82) is 5.26 Å². The molecule has 0 bridgehead atoms. The van der Waals surface area contributed by atoms with Gasteiger partial charge in [-0.05, 0) is 23.3 Å². The average molecular weight is 370 g/mol. The van der Waals surface area contributed by atoms with Crippen molar-refractivity contribution in [2.24, 2.45) is 0 Å². The molecular formula is C20H20ClN3O2. The molecule has 1 atom stereocenters. The topological polar surface area (TPSA) is 56.6 Å². The van der Waals surface area contributed by atoms with E-state index in [1.165, 1.54) is 0 Å². The first-order chi connectivity index (χ1) is 12.7. The number of benzene rings is 2. The number of hydrogen-bond donors (Lipinski definition) is 0. The number of hydrogen-bond acceptors (Lipinski definition) is 4. The standard InChI is InChI=1S/C20H20ClN3O2/c21-18-8-6-17(7-9-18)19(14-22)23-10-12-24(13-11-23)20(25)26-15-16-4-2-1-3-5-16/h1-9,19H,10-13,15H2. The summed E-state index contributed by atoms with van der Waals surface area (Å²) in [6, 6.07) is 18.9. The van der Waals surface area contributed by atoms with E-state index >= 15 is 0 Å². The van der Waals surface area contributed by atoms with E-state index in [4.69, 9.17) is 16.3 Å². The first kappa shape index (κ1) is 18.2. The fraction of sp³-hybridized carbons (Fsp3) is 0.300. The quantitative estimate of drug-likeness (QED) is 0.821. The Hall–Kier alpha value is -2.55. The Morgan fingerprint density at radius 2 is 1.73 bits per heavy atom. The number of halogens is 1. The van der Waals surface area contributed by atoms with Gasteiger partial charge in [-0.15, -0.1) is 0 Å². The minimum atomic E-state index is -0.338. The normalized spacial score (nSPS) is 15.9. The molecular weight excluding hydrogens is 350 g/mol. The minimum absolute atomic E-state index is 0.269. The molecule has 0 spiro atoms. The molecule has 2 aromatic rings. The highest BCUT2D eigenvalue weighted by atomic mass is 35.5. The molecule has 6 heteroatoms. The van der Waals surface area contributed by atoms with Crippen LogP contribution in [0.5, 0.6) is 0 Å². The molecule has 1 fully saturated rings. The molecule has 0 aliphatic carbocycles. The maximum Gasteiger partial charge on any atom is 0.410 e. The van der Waals surface area contributed by atoms with Crippen LogP contribution in [0.1, 0.15) is 17.2 Å². The molecule has 3 rings (SSSR count). The van der Waals surface area contributed by atoms with Crippen molar-refractivity contribution in [3.8, 4) is 6.07 Å². The summed E-state index contributed by atoms with van der Waals surface area (Å²) in [6.45, 7) is 2.60. The van der Waals surface area contributed by atoms with E-state index in [0.717, 1.165) is 11.1 Å². The highest BCUT2D eigenvalue weighted by Gasteiger charge is 2.27. The summed E-state index contributed by atoms with van der Waals surface area (Å²) in [5.74, 6) is 0. The molecule has 0 aromatic heterocycles. The third kappa shape index (κ3) is 4.54. The lowest BCUT2D eigenvalue weighted by atomic mass is 10.1. The van der Waals surface area contributed by atoms with Gasteiger partial charge in [0.25, 0.3) is 0 Å². The van der Waals surface area contributed by atoms with E-state index in [1.807, 2.05) is 42.5 Å². The van der Waals surface area contributed by atoms with E-state index in [1.54, 1.807) is 17.0 Å². The Kier molecular flexibility index (Phi) is 6.11. The Balaban J connectivity index is 1.52. The van der Waals surface area contributed by atoms with Crippen molar-refractivity contribution in [2.45, 2.75) is 12.6 Å². The molecule has 134 valence electrons. The van der Waals surface area contributed by atoms with Crippen molar-refractivity contribution >= 4 is 17.7 Å². The number of rotatable bonds is 4.